The second kappa shape index (κ2) is 12.3. The van der Waals surface area contributed by atoms with Gasteiger partial charge in [-0.1, -0.05) is 30.3 Å². The summed E-state index contributed by atoms with van der Waals surface area (Å²) in [5.74, 6) is -8.48. The summed E-state index contributed by atoms with van der Waals surface area (Å²) in [5.41, 5.74) is 0.917. The first-order chi connectivity index (χ1) is 20.6. The Labute approximate surface area is 243 Å². The molecular formula is C29H25F3N2O9. The summed E-state index contributed by atoms with van der Waals surface area (Å²) in [6.45, 7) is 2.78. The molecular weight excluding hydrogens is 577 g/mol. The number of hydrogen-bond acceptors (Lipinski definition) is 11. The van der Waals surface area contributed by atoms with E-state index < -0.39 is 72.4 Å². The van der Waals surface area contributed by atoms with Gasteiger partial charge in [0.1, 0.15) is 19.3 Å². The number of nitrogens with zero attached hydrogens (tertiary/aromatic N) is 2. The number of benzene rings is 2. The van der Waals surface area contributed by atoms with Gasteiger partial charge in [0.2, 0.25) is 17.4 Å². The maximum absolute atomic E-state index is 15.8. The van der Waals surface area contributed by atoms with E-state index in [1.807, 2.05) is 36.4 Å². The molecule has 0 bridgehead atoms. The first kappa shape index (κ1) is 29.9. The van der Waals surface area contributed by atoms with Crippen molar-refractivity contribution < 1.29 is 55.9 Å². The highest BCUT2D eigenvalue weighted by Gasteiger charge is 2.57. The van der Waals surface area contributed by atoms with Crippen LogP contribution in [-0.4, -0.2) is 55.2 Å². The SMILES string of the molecule is COC(=O)OCC1OC2OC(C)(C)OC2C1Oc1c(F)c(F)nc(Oc2cc(C#N)ccc2OCc2ccccc2)c1F. The molecule has 3 aromatic rings. The summed E-state index contributed by atoms with van der Waals surface area (Å²) in [7, 11) is 1.09. The molecule has 1 aromatic heterocycles. The number of hydrogen-bond donors (Lipinski definition) is 0. The molecule has 5 rings (SSSR count). The molecule has 14 heteroatoms. The predicted molar refractivity (Wildman–Crippen MR) is 138 cm³/mol. The summed E-state index contributed by atoms with van der Waals surface area (Å²) in [6, 6.07) is 15.1. The van der Waals surface area contributed by atoms with Crippen LogP contribution in [0.25, 0.3) is 0 Å². The van der Waals surface area contributed by atoms with Gasteiger partial charge in [0.15, 0.2) is 35.8 Å². The van der Waals surface area contributed by atoms with Crippen LogP contribution in [-0.2, 0) is 30.3 Å². The third kappa shape index (κ3) is 6.59. The monoisotopic (exact) mass is 602 g/mol. The number of ether oxygens (including phenoxy) is 8. The van der Waals surface area contributed by atoms with E-state index in [1.54, 1.807) is 13.8 Å². The molecule has 3 heterocycles. The van der Waals surface area contributed by atoms with Gasteiger partial charge in [-0.2, -0.15) is 23.4 Å². The zero-order valence-corrected chi connectivity index (χ0v) is 23.0. The summed E-state index contributed by atoms with van der Waals surface area (Å²) >= 11 is 0. The van der Waals surface area contributed by atoms with Gasteiger partial charge >= 0.3 is 6.16 Å². The van der Waals surface area contributed by atoms with E-state index in [9.17, 15) is 18.8 Å². The van der Waals surface area contributed by atoms with Gasteiger partial charge in [0.25, 0.3) is 11.8 Å². The van der Waals surface area contributed by atoms with Gasteiger partial charge < -0.3 is 37.9 Å². The molecule has 0 spiro atoms. The van der Waals surface area contributed by atoms with Crippen LogP contribution in [0.15, 0.2) is 48.5 Å². The van der Waals surface area contributed by atoms with E-state index >= 15 is 4.39 Å². The minimum Gasteiger partial charge on any atom is -0.485 e. The van der Waals surface area contributed by atoms with Crippen LogP contribution in [0, 0.1) is 28.9 Å². The molecule has 4 atom stereocenters. The molecule has 2 aliphatic rings. The standard InChI is InChI=1S/C29H25F3N2O9/c1-29(2)42-24-22(19(40-27(24)43-29)14-38-28(35)36-3)41-23-20(30)25(32)34-26(21(23)31)39-18-11-16(12-33)9-10-17(18)37-13-15-7-5-4-6-8-15/h4-11,19,22,24,27H,13-14H2,1-3H3. The van der Waals surface area contributed by atoms with Crippen LogP contribution >= 0.6 is 0 Å². The highest BCUT2D eigenvalue weighted by Crippen LogP contribution is 2.42. The molecule has 0 aliphatic carbocycles. The number of pyridine rings is 1. The molecule has 2 aromatic carbocycles. The van der Waals surface area contributed by atoms with Crippen molar-refractivity contribution in [1.29, 1.82) is 5.26 Å². The van der Waals surface area contributed by atoms with Gasteiger partial charge in [-0.05, 0) is 31.5 Å². The number of methoxy groups -OCH3 is 1. The average molecular weight is 603 g/mol. The van der Waals surface area contributed by atoms with Crippen molar-refractivity contribution >= 4 is 6.16 Å². The van der Waals surface area contributed by atoms with Crippen molar-refractivity contribution in [2.24, 2.45) is 0 Å². The number of aromatic nitrogens is 1. The molecule has 0 N–H and O–H groups in total. The maximum atomic E-state index is 15.8. The van der Waals surface area contributed by atoms with Gasteiger partial charge in [0.05, 0.1) is 18.7 Å². The molecule has 2 aliphatic heterocycles. The first-order valence-corrected chi connectivity index (χ1v) is 12.9. The number of carbonyl (C=O) groups excluding carboxylic acids is 1. The summed E-state index contributed by atoms with van der Waals surface area (Å²) in [4.78, 5) is 14.8. The molecule has 2 fully saturated rings. The van der Waals surface area contributed by atoms with Crippen molar-refractivity contribution in [2.45, 2.75) is 50.8 Å². The van der Waals surface area contributed by atoms with E-state index in [1.165, 1.54) is 18.2 Å². The molecule has 4 unspecified atom stereocenters. The summed E-state index contributed by atoms with van der Waals surface area (Å²) in [6.07, 6.45) is -5.66. The molecule has 11 nitrogen and oxygen atoms in total. The van der Waals surface area contributed by atoms with E-state index in [2.05, 4.69) is 9.72 Å². The minimum absolute atomic E-state index is 0.0713. The molecule has 0 amide bonds. The zero-order chi connectivity index (χ0) is 30.7. The fourth-order valence-electron chi connectivity index (χ4n) is 4.43. The third-order valence-corrected chi connectivity index (χ3v) is 6.36. The van der Waals surface area contributed by atoms with Crippen LogP contribution in [0.4, 0.5) is 18.0 Å². The largest absolute Gasteiger partial charge is 0.508 e. The smallest absolute Gasteiger partial charge is 0.485 e. The number of carbonyl (C=O) groups is 1. The normalized spacial score (nSPS) is 21.9. The Morgan fingerprint density at radius 2 is 1.84 bits per heavy atom. The number of rotatable bonds is 9. The van der Waals surface area contributed by atoms with E-state index in [0.717, 1.165) is 12.7 Å². The quantitative estimate of drug-likeness (QED) is 0.238. The molecule has 43 heavy (non-hydrogen) atoms. The topological polar surface area (TPSA) is 128 Å². The van der Waals surface area contributed by atoms with Gasteiger partial charge in [-0.25, -0.2) is 4.79 Å². The highest BCUT2D eigenvalue weighted by molar-refractivity contribution is 5.59. The van der Waals surface area contributed by atoms with Crippen molar-refractivity contribution in [2.75, 3.05) is 13.7 Å². The van der Waals surface area contributed by atoms with E-state index in [-0.39, 0.29) is 23.7 Å². The zero-order valence-electron chi connectivity index (χ0n) is 23.0. The van der Waals surface area contributed by atoms with Crippen LogP contribution < -0.4 is 14.2 Å². The Kier molecular flexibility index (Phi) is 8.58. The van der Waals surface area contributed by atoms with Crippen LogP contribution in [0.3, 0.4) is 0 Å². The molecule has 226 valence electrons. The van der Waals surface area contributed by atoms with Crippen molar-refractivity contribution in [3.63, 3.8) is 0 Å². The Bertz CT molecular complexity index is 1530. The highest BCUT2D eigenvalue weighted by atomic mass is 19.2. The van der Waals surface area contributed by atoms with Crippen LogP contribution in [0.5, 0.6) is 23.1 Å². The molecule has 2 saturated heterocycles. The lowest BCUT2D eigenvalue weighted by Crippen LogP contribution is -2.41. The fraction of sp³-hybridized carbons (Fsp3) is 0.345. The lowest BCUT2D eigenvalue weighted by molar-refractivity contribution is -0.217. The number of halogens is 3. The van der Waals surface area contributed by atoms with Gasteiger partial charge in [-0.3, -0.25) is 0 Å². The van der Waals surface area contributed by atoms with Crippen molar-refractivity contribution in [3.05, 3.63) is 77.2 Å². The maximum Gasteiger partial charge on any atom is 0.508 e. The van der Waals surface area contributed by atoms with E-state index in [0.29, 0.717) is 0 Å². The lowest BCUT2D eigenvalue weighted by atomic mass is 10.1. The number of fused-ring (bicyclic) bond motifs is 1. The van der Waals surface area contributed by atoms with Crippen LogP contribution in [0.2, 0.25) is 0 Å². The summed E-state index contributed by atoms with van der Waals surface area (Å²) < 4.78 is 88.9. The Balaban J connectivity index is 1.44. The third-order valence-electron chi connectivity index (χ3n) is 6.36. The van der Waals surface area contributed by atoms with Crippen molar-refractivity contribution in [1.82, 2.24) is 4.98 Å². The molecule has 0 saturated carbocycles. The fourth-order valence-corrected chi connectivity index (χ4v) is 4.43. The van der Waals surface area contributed by atoms with Gasteiger partial charge in [0, 0.05) is 6.07 Å². The van der Waals surface area contributed by atoms with Crippen LogP contribution in [0.1, 0.15) is 25.0 Å². The predicted octanol–water partition coefficient (Wildman–Crippen LogP) is 5.15. The van der Waals surface area contributed by atoms with Gasteiger partial charge in [-0.15, -0.1) is 0 Å². The van der Waals surface area contributed by atoms with Crippen molar-refractivity contribution in [3.8, 4) is 29.2 Å². The lowest BCUT2D eigenvalue weighted by Gasteiger charge is -2.26. The minimum atomic E-state index is -1.76. The van der Waals surface area contributed by atoms with E-state index in [4.69, 9.17) is 33.2 Å². The number of nitriles is 1. The first-order valence-electron chi connectivity index (χ1n) is 12.9. The average Bonchev–Trinajstić information content (AvgIpc) is 3.47. The Morgan fingerprint density at radius 1 is 1.07 bits per heavy atom. The molecule has 0 radical (unpaired) electrons. The second-order valence-electron chi connectivity index (χ2n) is 9.81. The Hall–Kier alpha value is -4.58. The Morgan fingerprint density at radius 3 is 2.56 bits per heavy atom. The second-order valence-corrected chi connectivity index (χ2v) is 9.81. The summed E-state index contributed by atoms with van der Waals surface area (Å²) in [5, 5.41) is 9.36.